The smallest absolute Gasteiger partial charge is 0.230 e. The van der Waals surface area contributed by atoms with E-state index in [-0.39, 0.29) is 17.1 Å². The summed E-state index contributed by atoms with van der Waals surface area (Å²) in [4.78, 5) is 16.7. The number of hydrogen-bond acceptors (Lipinski definition) is 6. The number of pyridine rings is 1. The number of halogens is 1. The number of methoxy groups -OCH3 is 1. The van der Waals surface area contributed by atoms with Crippen LogP contribution >= 0.6 is 11.8 Å². The molecule has 1 saturated carbocycles. The van der Waals surface area contributed by atoms with Crippen molar-refractivity contribution >= 4 is 34.3 Å². The predicted octanol–water partition coefficient (Wildman–Crippen LogP) is 6.44. The van der Waals surface area contributed by atoms with Crippen LogP contribution < -0.4 is 19.5 Å². The molecule has 0 spiro atoms. The molecule has 4 rings (SSSR count). The Morgan fingerprint density at radius 2 is 1.94 bits per heavy atom. The van der Waals surface area contributed by atoms with E-state index in [1.165, 1.54) is 12.1 Å². The molecule has 1 N–H and O–H groups in total. The van der Waals surface area contributed by atoms with Gasteiger partial charge in [0.25, 0.3) is 0 Å². The number of thioether (sulfide) groups is 1. The summed E-state index contributed by atoms with van der Waals surface area (Å²) in [5.74, 6) is 2.11. The topological polar surface area (TPSA) is 69.7 Å². The fraction of sp³-hybridized carbons (Fsp3) is 0.385. The lowest BCUT2D eigenvalue weighted by Crippen LogP contribution is -2.21. The van der Waals surface area contributed by atoms with E-state index in [1.807, 2.05) is 24.8 Å². The zero-order chi connectivity index (χ0) is 24.1. The molecule has 1 aliphatic carbocycles. The average molecular weight is 485 g/mol. The van der Waals surface area contributed by atoms with Gasteiger partial charge in [-0.3, -0.25) is 9.78 Å². The van der Waals surface area contributed by atoms with E-state index in [9.17, 15) is 9.18 Å². The molecule has 1 amide bonds. The molecular formula is C26H29FN2O4S. The minimum Gasteiger partial charge on any atom is -0.493 e. The van der Waals surface area contributed by atoms with E-state index in [4.69, 9.17) is 14.2 Å². The van der Waals surface area contributed by atoms with Gasteiger partial charge in [-0.15, -0.1) is 0 Å². The first kappa shape index (κ1) is 24.1. The van der Waals surface area contributed by atoms with Gasteiger partial charge in [-0.1, -0.05) is 6.92 Å². The van der Waals surface area contributed by atoms with E-state index in [0.717, 1.165) is 31.4 Å². The van der Waals surface area contributed by atoms with Crippen LogP contribution in [-0.2, 0) is 4.79 Å². The van der Waals surface area contributed by atoms with Gasteiger partial charge in [0.2, 0.25) is 5.91 Å². The third kappa shape index (κ3) is 5.55. The fourth-order valence-electron chi connectivity index (χ4n) is 3.50. The number of hydrogen-bond donors (Lipinski definition) is 1. The second-order valence-electron chi connectivity index (χ2n) is 8.64. The van der Waals surface area contributed by atoms with Gasteiger partial charge >= 0.3 is 0 Å². The molecule has 8 heteroatoms. The summed E-state index contributed by atoms with van der Waals surface area (Å²) in [6.45, 7) is 2.49. The third-order valence-electron chi connectivity index (χ3n) is 5.95. The van der Waals surface area contributed by atoms with Crippen molar-refractivity contribution in [2.45, 2.75) is 32.6 Å². The lowest BCUT2D eigenvalue weighted by molar-refractivity contribution is -0.120. The second kappa shape index (κ2) is 10.5. The van der Waals surface area contributed by atoms with Crippen LogP contribution in [0.2, 0.25) is 0 Å². The van der Waals surface area contributed by atoms with Gasteiger partial charge in [-0.25, -0.2) is 4.39 Å². The number of nitrogens with one attached hydrogen (secondary N) is 1. The first-order valence-corrected chi connectivity index (χ1v) is 12.7. The van der Waals surface area contributed by atoms with Gasteiger partial charge < -0.3 is 19.5 Å². The minimum absolute atomic E-state index is 0.0521. The first-order chi connectivity index (χ1) is 16.4. The Bertz CT molecular complexity index is 1180. The SMILES string of the molecule is COc1cc2c(Oc3ccc(NC(=O)C4(C)CC4)cc3F)ccnc2cc1OCCCCSC. The molecule has 1 heterocycles. The molecular weight excluding hydrogens is 455 g/mol. The fourth-order valence-corrected chi connectivity index (χ4v) is 3.99. The molecule has 0 bridgehead atoms. The number of fused-ring (bicyclic) bond motifs is 1. The van der Waals surface area contributed by atoms with E-state index in [2.05, 4.69) is 16.6 Å². The normalized spacial score (nSPS) is 14.0. The van der Waals surface area contributed by atoms with E-state index in [0.29, 0.717) is 40.4 Å². The van der Waals surface area contributed by atoms with Crippen molar-refractivity contribution in [3.05, 3.63) is 48.4 Å². The summed E-state index contributed by atoms with van der Waals surface area (Å²) < 4.78 is 32.1. The molecule has 2 aromatic carbocycles. The Morgan fingerprint density at radius 1 is 1.12 bits per heavy atom. The van der Waals surface area contributed by atoms with Gasteiger partial charge in [-0.05, 0) is 62.0 Å². The molecule has 0 atom stereocenters. The molecule has 0 radical (unpaired) electrons. The summed E-state index contributed by atoms with van der Waals surface area (Å²) in [5.41, 5.74) is 0.723. The summed E-state index contributed by atoms with van der Waals surface area (Å²) in [5, 5.41) is 3.45. The summed E-state index contributed by atoms with van der Waals surface area (Å²) in [6, 6.07) is 9.69. The monoisotopic (exact) mass is 484 g/mol. The van der Waals surface area contributed by atoms with Crippen molar-refractivity contribution < 1.29 is 23.4 Å². The number of benzene rings is 2. The highest BCUT2D eigenvalue weighted by Gasteiger charge is 2.44. The number of rotatable bonds is 11. The highest BCUT2D eigenvalue weighted by atomic mass is 32.2. The van der Waals surface area contributed by atoms with Crippen LogP contribution in [0.1, 0.15) is 32.6 Å². The Kier molecular flexibility index (Phi) is 7.46. The second-order valence-corrected chi connectivity index (χ2v) is 9.63. The Balaban J connectivity index is 1.52. The first-order valence-electron chi connectivity index (χ1n) is 11.3. The highest BCUT2D eigenvalue weighted by Crippen LogP contribution is 2.46. The van der Waals surface area contributed by atoms with E-state index < -0.39 is 5.82 Å². The van der Waals surface area contributed by atoms with Crippen molar-refractivity contribution in [2.24, 2.45) is 5.41 Å². The van der Waals surface area contributed by atoms with Crippen molar-refractivity contribution in [2.75, 3.05) is 31.0 Å². The quantitative estimate of drug-likeness (QED) is 0.316. The largest absolute Gasteiger partial charge is 0.493 e. The minimum atomic E-state index is -0.569. The van der Waals surface area contributed by atoms with Crippen molar-refractivity contribution in [3.63, 3.8) is 0 Å². The molecule has 0 aliphatic heterocycles. The number of ether oxygens (including phenoxy) is 3. The average Bonchev–Trinajstić information content (AvgIpc) is 3.59. The zero-order valence-corrected chi connectivity index (χ0v) is 20.5. The molecule has 0 saturated heterocycles. The van der Waals surface area contributed by atoms with Crippen LogP contribution in [0.25, 0.3) is 10.9 Å². The summed E-state index contributed by atoms with van der Waals surface area (Å²) >= 11 is 1.82. The molecule has 34 heavy (non-hydrogen) atoms. The van der Waals surface area contributed by atoms with Crippen LogP contribution in [-0.4, -0.2) is 36.6 Å². The molecule has 6 nitrogen and oxygen atoms in total. The molecule has 180 valence electrons. The number of unbranched alkanes of at least 4 members (excludes halogenated alkanes) is 1. The lowest BCUT2D eigenvalue weighted by Gasteiger charge is -2.15. The molecule has 1 fully saturated rings. The van der Waals surface area contributed by atoms with Crippen molar-refractivity contribution in [1.29, 1.82) is 0 Å². The van der Waals surface area contributed by atoms with E-state index >= 15 is 0 Å². The summed E-state index contributed by atoms with van der Waals surface area (Å²) in [7, 11) is 1.58. The predicted molar refractivity (Wildman–Crippen MR) is 134 cm³/mol. The van der Waals surface area contributed by atoms with Gasteiger partial charge in [-0.2, -0.15) is 11.8 Å². The number of anilines is 1. The van der Waals surface area contributed by atoms with Crippen LogP contribution in [0.3, 0.4) is 0 Å². The number of amides is 1. The molecule has 0 unspecified atom stereocenters. The lowest BCUT2D eigenvalue weighted by atomic mass is 10.1. The number of aromatic nitrogens is 1. The molecule has 1 aromatic heterocycles. The van der Waals surface area contributed by atoms with Gasteiger partial charge in [0.05, 0.1) is 19.2 Å². The number of carbonyl (C=O) groups is 1. The van der Waals surface area contributed by atoms with Gasteiger partial charge in [0, 0.05) is 34.8 Å². The van der Waals surface area contributed by atoms with Crippen LogP contribution in [0.5, 0.6) is 23.0 Å². The van der Waals surface area contributed by atoms with Crippen LogP contribution in [0.4, 0.5) is 10.1 Å². The van der Waals surface area contributed by atoms with Crippen LogP contribution in [0, 0.1) is 11.2 Å². The zero-order valence-electron chi connectivity index (χ0n) is 19.7. The summed E-state index contributed by atoms with van der Waals surface area (Å²) in [6.07, 6.45) is 7.44. The Hall–Kier alpha value is -3.00. The van der Waals surface area contributed by atoms with E-state index in [1.54, 1.807) is 31.5 Å². The molecule has 3 aromatic rings. The Morgan fingerprint density at radius 3 is 2.65 bits per heavy atom. The van der Waals surface area contributed by atoms with Crippen LogP contribution in [0.15, 0.2) is 42.6 Å². The third-order valence-corrected chi connectivity index (χ3v) is 6.64. The maximum atomic E-state index is 14.8. The van der Waals surface area contributed by atoms with Crippen molar-refractivity contribution in [3.8, 4) is 23.0 Å². The highest BCUT2D eigenvalue weighted by molar-refractivity contribution is 7.98. The number of nitrogens with zero attached hydrogens (tertiary/aromatic N) is 1. The van der Waals surface area contributed by atoms with Crippen molar-refractivity contribution in [1.82, 2.24) is 4.98 Å². The maximum Gasteiger partial charge on any atom is 0.230 e. The molecule has 1 aliphatic rings. The maximum absolute atomic E-state index is 14.8. The van der Waals surface area contributed by atoms with Gasteiger partial charge in [0.15, 0.2) is 23.1 Å². The van der Waals surface area contributed by atoms with Gasteiger partial charge in [0.1, 0.15) is 5.75 Å². The standard InChI is InChI=1S/C26H29FN2O4S/c1-26(9-10-26)25(30)29-17-6-7-22(19(27)14-17)33-21-8-11-28-20-16-24(23(31-2)15-18(20)21)32-12-4-5-13-34-3/h6-8,11,14-16H,4-5,9-10,12-13H2,1-3H3,(H,29,30). The number of carbonyl (C=O) groups excluding carboxylic acids is 1. The Labute approximate surface area is 203 Å².